The summed E-state index contributed by atoms with van der Waals surface area (Å²) in [6.45, 7) is 3.88. The van der Waals surface area contributed by atoms with E-state index in [1.165, 1.54) is 0 Å². The second kappa shape index (κ2) is 7.98. The predicted molar refractivity (Wildman–Crippen MR) is 113 cm³/mol. The van der Waals surface area contributed by atoms with Gasteiger partial charge in [0.05, 0.1) is 5.52 Å². The van der Waals surface area contributed by atoms with Gasteiger partial charge in [-0.2, -0.15) is 0 Å². The maximum absolute atomic E-state index is 12.2. The van der Waals surface area contributed by atoms with Crippen molar-refractivity contribution < 1.29 is 14.6 Å². The molecule has 0 aliphatic carbocycles. The Bertz CT molecular complexity index is 1240. The van der Waals surface area contributed by atoms with E-state index >= 15 is 0 Å². The minimum Gasteiger partial charge on any atom is -0.493 e. The highest BCUT2D eigenvalue weighted by Crippen LogP contribution is 2.38. The molecule has 1 heterocycles. The number of azo groups is 1. The van der Waals surface area contributed by atoms with Crippen molar-refractivity contribution in [3.05, 3.63) is 79.4 Å². The summed E-state index contributed by atoms with van der Waals surface area (Å²) < 4.78 is 7.31. The largest absolute Gasteiger partial charge is 0.493 e. The van der Waals surface area contributed by atoms with Crippen LogP contribution in [0.5, 0.6) is 11.6 Å². The van der Waals surface area contributed by atoms with Crippen LogP contribution in [-0.2, 0) is 11.3 Å². The summed E-state index contributed by atoms with van der Waals surface area (Å²) >= 11 is 0. The van der Waals surface area contributed by atoms with Crippen molar-refractivity contribution in [2.24, 2.45) is 10.2 Å². The molecule has 29 heavy (non-hydrogen) atoms. The first kappa shape index (κ1) is 18.4. The van der Waals surface area contributed by atoms with Gasteiger partial charge in [0.2, 0.25) is 5.88 Å². The molecule has 0 radical (unpaired) electrons. The number of allylic oxidation sites excluding steroid dienone is 1. The number of hydrogen-bond donors (Lipinski definition) is 1. The molecule has 6 heteroatoms. The third-order valence-electron chi connectivity index (χ3n) is 4.59. The highest BCUT2D eigenvalue weighted by atomic mass is 16.5. The van der Waals surface area contributed by atoms with E-state index in [1.54, 1.807) is 10.6 Å². The van der Waals surface area contributed by atoms with E-state index in [-0.39, 0.29) is 18.2 Å². The molecule has 1 N–H and O–H groups in total. The first-order valence-electron chi connectivity index (χ1n) is 9.15. The number of amides is 1. The second-order valence-corrected chi connectivity index (χ2v) is 6.45. The Kier molecular flexibility index (Phi) is 5.07. The number of rotatable bonds is 6. The molecule has 0 spiro atoms. The number of carbonyl (C=O) groups excluding carboxylic acids is 1. The summed E-state index contributed by atoms with van der Waals surface area (Å²) in [4.78, 5) is 12.2. The monoisotopic (exact) mass is 385 g/mol. The lowest BCUT2D eigenvalue weighted by Crippen LogP contribution is -2.08. The van der Waals surface area contributed by atoms with Gasteiger partial charge in [-0.1, -0.05) is 60.7 Å². The quantitative estimate of drug-likeness (QED) is 0.358. The van der Waals surface area contributed by atoms with E-state index in [9.17, 15) is 9.90 Å². The van der Waals surface area contributed by atoms with Crippen molar-refractivity contribution >= 4 is 33.3 Å². The summed E-state index contributed by atoms with van der Waals surface area (Å²) in [5.74, 6) is 0.00703. The van der Waals surface area contributed by atoms with Crippen LogP contribution in [0.15, 0.2) is 89.6 Å². The van der Waals surface area contributed by atoms with E-state index < -0.39 is 5.91 Å². The number of carbonyl (C=O) groups is 1. The molecule has 0 atom stereocenters. The Balaban J connectivity index is 1.54. The molecule has 144 valence electrons. The van der Waals surface area contributed by atoms with Crippen molar-refractivity contribution in [1.82, 2.24) is 4.57 Å². The second-order valence-electron chi connectivity index (χ2n) is 6.45. The van der Waals surface area contributed by atoms with E-state index in [0.29, 0.717) is 17.7 Å². The van der Waals surface area contributed by atoms with E-state index in [1.807, 2.05) is 66.7 Å². The number of aromatic hydroxyl groups is 1. The molecule has 0 aliphatic heterocycles. The summed E-state index contributed by atoms with van der Waals surface area (Å²) in [5.41, 5.74) is 1.04. The normalized spacial score (nSPS) is 11.3. The number of benzene rings is 3. The molecule has 3 aromatic carbocycles. The lowest BCUT2D eigenvalue weighted by atomic mass is 10.1. The van der Waals surface area contributed by atoms with Crippen LogP contribution in [0.1, 0.15) is 0 Å². The maximum atomic E-state index is 12.2. The SMILES string of the molecule is C=CCn1c(O)c(N=NC(=O)COc2cccc3ccccc23)c2ccccc21. The van der Waals surface area contributed by atoms with Crippen molar-refractivity contribution in [2.45, 2.75) is 6.54 Å². The summed E-state index contributed by atoms with van der Waals surface area (Å²) in [7, 11) is 0. The van der Waals surface area contributed by atoms with Gasteiger partial charge in [-0.25, -0.2) is 0 Å². The molecule has 1 amide bonds. The Hall–Kier alpha value is -3.93. The fraction of sp³-hybridized carbons (Fsp3) is 0.0870. The van der Waals surface area contributed by atoms with Crippen molar-refractivity contribution in [3.8, 4) is 11.6 Å². The van der Waals surface area contributed by atoms with E-state index in [2.05, 4.69) is 16.8 Å². The number of aromatic nitrogens is 1. The zero-order valence-electron chi connectivity index (χ0n) is 15.7. The molecule has 4 aromatic rings. The molecule has 0 unspecified atom stereocenters. The highest BCUT2D eigenvalue weighted by molar-refractivity contribution is 5.95. The topological polar surface area (TPSA) is 76.2 Å². The van der Waals surface area contributed by atoms with Crippen LogP contribution in [0.2, 0.25) is 0 Å². The zero-order valence-corrected chi connectivity index (χ0v) is 15.7. The third-order valence-corrected chi connectivity index (χ3v) is 4.59. The minimum absolute atomic E-state index is 0.0578. The fourth-order valence-electron chi connectivity index (χ4n) is 3.28. The summed E-state index contributed by atoms with van der Waals surface area (Å²) in [6, 6.07) is 20.8. The van der Waals surface area contributed by atoms with Gasteiger partial charge in [0, 0.05) is 17.3 Å². The Morgan fingerprint density at radius 3 is 2.59 bits per heavy atom. The van der Waals surface area contributed by atoms with Crippen LogP contribution in [0, 0.1) is 0 Å². The zero-order chi connectivity index (χ0) is 20.2. The molecule has 0 bridgehead atoms. The molecular formula is C23H19N3O3. The van der Waals surface area contributed by atoms with Crippen molar-refractivity contribution in [1.29, 1.82) is 0 Å². The van der Waals surface area contributed by atoms with Crippen LogP contribution >= 0.6 is 0 Å². The van der Waals surface area contributed by atoms with E-state index in [4.69, 9.17) is 4.74 Å². The summed E-state index contributed by atoms with van der Waals surface area (Å²) in [5, 5.41) is 20.9. The average molecular weight is 385 g/mol. The molecule has 1 aromatic heterocycles. The number of fused-ring (bicyclic) bond motifs is 2. The third kappa shape index (κ3) is 3.60. The van der Waals surface area contributed by atoms with Gasteiger partial charge in [0.15, 0.2) is 12.3 Å². The first-order chi connectivity index (χ1) is 14.2. The van der Waals surface area contributed by atoms with Gasteiger partial charge in [-0.3, -0.25) is 4.79 Å². The van der Waals surface area contributed by atoms with Crippen LogP contribution in [0.25, 0.3) is 21.7 Å². The van der Waals surface area contributed by atoms with Crippen molar-refractivity contribution in [2.75, 3.05) is 6.61 Å². The molecule has 4 rings (SSSR count). The molecule has 0 fully saturated rings. The lowest BCUT2D eigenvalue weighted by Gasteiger charge is -2.07. The Morgan fingerprint density at radius 1 is 1.03 bits per heavy atom. The number of ether oxygens (including phenoxy) is 1. The van der Waals surface area contributed by atoms with Crippen LogP contribution < -0.4 is 4.74 Å². The standard InChI is InChI=1S/C23H19N3O3/c1-2-14-26-19-12-6-5-11-18(19)22(23(26)28)25-24-21(27)15-29-20-13-7-9-16-8-3-4-10-17(16)20/h2-13,28H,1,14-15H2. The molecule has 0 saturated carbocycles. The van der Waals surface area contributed by atoms with Gasteiger partial charge < -0.3 is 14.4 Å². The minimum atomic E-state index is -0.544. The fourth-order valence-corrected chi connectivity index (χ4v) is 3.28. The molecule has 6 nitrogen and oxygen atoms in total. The molecular weight excluding hydrogens is 366 g/mol. The number of hydrogen-bond acceptors (Lipinski definition) is 4. The smallest absolute Gasteiger partial charge is 0.302 e. The van der Waals surface area contributed by atoms with E-state index in [0.717, 1.165) is 16.3 Å². The van der Waals surface area contributed by atoms with Crippen LogP contribution in [0.3, 0.4) is 0 Å². The summed E-state index contributed by atoms with van der Waals surface area (Å²) in [6.07, 6.45) is 1.68. The van der Waals surface area contributed by atoms with Gasteiger partial charge in [0.1, 0.15) is 5.75 Å². The lowest BCUT2D eigenvalue weighted by molar-refractivity contribution is -0.120. The number of nitrogens with zero attached hydrogens (tertiary/aromatic N) is 3. The van der Waals surface area contributed by atoms with Gasteiger partial charge in [0.25, 0.3) is 0 Å². The van der Waals surface area contributed by atoms with Gasteiger partial charge >= 0.3 is 5.91 Å². The first-order valence-corrected chi connectivity index (χ1v) is 9.15. The van der Waals surface area contributed by atoms with Crippen LogP contribution in [0.4, 0.5) is 5.69 Å². The number of para-hydroxylation sites is 1. The Labute approximate surface area is 167 Å². The maximum Gasteiger partial charge on any atom is 0.302 e. The van der Waals surface area contributed by atoms with Crippen molar-refractivity contribution in [3.63, 3.8) is 0 Å². The predicted octanol–water partition coefficient (Wildman–Crippen LogP) is 5.38. The van der Waals surface area contributed by atoms with Gasteiger partial charge in [-0.05, 0) is 17.5 Å². The Morgan fingerprint density at radius 2 is 1.76 bits per heavy atom. The molecule has 0 saturated heterocycles. The van der Waals surface area contributed by atoms with Crippen LogP contribution in [-0.4, -0.2) is 22.2 Å². The van der Waals surface area contributed by atoms with Gasteiger partial charge in [-0.15, -0.1) is 16.8 Å². The molecule has 0 aliphatic rings. The highest BCUT2D eigenvalue weighted by Gasteiger charge is 2.16. The average Bonchev–Trinajstić information content (AvgIpc) is 3.02.